The number of aliphatic hydroxyl groups is 1. The maximum Gasteiger partial charge on any atom is 0.315 e. The SMILES string of the molecule is CN1CCN(C[C@H](NC(=O)NCC2(O)CCC2)c2ccccc2)CC1. The van der Waals surface area contributed by atoms with Gasteiger partial charge < -0.3 is 20.6 Å². The second kappa shape index (κ2) is 8.17. The molecule has 1 atom stereocenters. The number of hydrogen-bond donors (Lipinski definition) is 3. The minimum atomic E-state index is -0.697. The van der Waals surface area contributed by atoms with Crippen molar-refractivity contribution < 1.29 is 9.90 Å². The summed E-state index contributed by atoms with van der Waals surface area (Å²) in [6.45, 7) is 5.28. The molecule has 6 nitrogen and oxygen atoms in total. The fourth-order valence-corrected chi connectivity index (χ4v) is 3.42. The minimum absolute atomic E-state index is 0.0550. The molecule has 2 aliphatic rings. The van der Waals surface area contributed by atoms with Crippen molar-refractivity contribution in [1.29, 1.82) is 0 Å². The fraction of sp³-hybridized carbons (Fsp3) is 0.632. The van der Waals surface area contributed by atoms with Crippen molar-refractivity contribution in [3.8, 4) is 0 Å². The normalized spacial score (nSPS) is 22.0. The second-order valence-corrected chi connectivity index (χ2v) is 7.47. The van der Waals surface area contributed by atoms with Crippen molar-refractivity contribution in [3.63, 3.8) is 0 Å². The van der Waals surface area contributed by atoms with Crippen LogP contribution in [-0.4, -0.2) is 72.9 Å². The predicted molar refractivity (Wildman–Crippen MR) is 98.5 cm³/mol. The lowest BCUT2D eigenvalue weighted by atomic mass is 9.80. The Hall–Kier alpha value is -1.63. The third-order valence-electron chi connectivity index (χ3n) is 5.41. The molecule has 1 aromatic carbocycles. The number of benzene rings is 1. The zero-order valence-corrected chi connectivity index (χ0v) is 15.1. The Morgan fingerprint density at radius 2 is 1.88 bits per heavy atom. The van der Waals surface area contributed by atoms with E-state index in [9.17, 15) is 9.90 Å². The number of carbonyl (C=O) groups excluding carboxylic acids is 1. The zero-order valence-electron chi connectivity index (χ0n) is 15.1. The molecule has 1 aromatic rings. The van der Waals surface area contributed by atoms with Crippen LogP contribution in [-0.2, 0) is 0 Å². The molecule has 138 valence electrons. The van der Waals surface area contributed by atoms with Crippen LogP contribution in [0.15, 0.2) is 30.3 Å². The highest BCUT2D eigenvalue weighted by molar-refractivity contribution is 5.74. The molecule has 1 aliphatic heterocycles. The van der Waals surface area contributed by atoms with E-state index < -0.39 is 5.60 Å². The number of piperazine rings is 1. The van der Waals surface area contributed by atoms with Crippen molar-refractivity contribution in [1.82, 2.24) is 20.4 Å². The van der Waals surface area contributed by atoms with E-state index in [0.29, 0.717) is 6.54 Å². The molecule has 0 unspecified atom stereocenters. The molecule has 1 heterocycles. The molecule has 0 aromatic heterocycles. The maximum atomic E-state index is 12.3. The fourth-order valence-electron chi connectivity index (χ4n) is 3.42. The van der Waals surface area contributed by atoms with E-state index >= 15 is 0 Å². The molecule has 2 fully saturated rings. The van der Waals surface area contributed by atoms with Crippen LogP contribution in [0.1, 0.15) is 30.9 Å². The van der Waals surface area contributed by atoms with Gasteiger partial charge in [-0.05, 0) is 31.9 Å². The highest BCUT2D eigenvalue weighted by Crippen LogP contribution is 2.30. The van der Waals surface area contributed by atoms with Crippen molar-refractivity contribution in [2.75, 3.05) is 46.3 Å². The number of rotatable bonds is 6. The van der Waals surface area contributed by atoms with Gasteiger partial charge in [-0.3, -0.25) is 4.90 Å². The number of hydrogen-bond acceptors (Lipinski definition) is 4. The molecule has 1 aliphatic carbocycles. The Bertz CT molecular complexity index is 554. The minimum Gasteiger partial charge on any atom is -0.388 e. The van der Waals surface area contributed by atoms with Crippen LogP contribution >= 0.6 is 0 Å². The number of likely N-dealkylation sites (N-methyl/N-ethyl adjacent to an activating group) is 1. The molecule has 6 heteroatoms. The van der Waals surface area contributed by atoms with Crippen LogP contribution in [0.5, 0.6) is 0 Å². The quantitative estimate of drug-likeness (QED) is 0.724. The highest BCUT2D eigenvalue weighted by atomic mass is 16.3. The van der Waals surface area contributed by atoms with E-state index in [4.69, 9.17) is 0 Å². The summed E-state index contributed by atoms with van der Waals surface area (Å²) in [5.41, 5.74) is 0.413. The van der Waals surface area contributed by atoms with Crippen molar-refractivity contribution in [2.24, 2.45) is 0 Å². The third-order valence-corrected chi connectivity index (χ3v) is 5.41. The molecular formula is C19H30N4O2. The van der Waals surface area contributed by atoms with E-state index in [0.717, 1.165) is 57.5 Å². The summed E-state index contributed by atoms with van der Waals surface area (Å²) in [4.78, 5) is 17.1. The van der Waals surface area contributed by atoms with Gasteiger partial charge >= 0.3 is 6.03 Å². The van der Waals surface area contributed by atoms with Gasteiger partial charge in [0.15, 0.2) is 0 Å². The molecule has 1 saturated heterocycles. The number of urea groups is 1. The van der Waals surface area contributed by atoms with Crippen LogP contribution in [0.3, 0.4) is 0 Å². The third kappa shape index (κ3) is 5.17. The lowest BCUT2D eigenvalue weighted by Gasteiger charge is -2.37. The van der Waals surface area contributed by atoms with Crippen LogP contribution in [0.4, 0.5) is 4.79 Å². The topological polar surface area (TPSA) is 67.8 Å². The van der Waals surface area contributed by atoms with Crippen LogP contribution < -0.4 is 10.6 Å². The van der Waals surface area contributed by atoms with E-state index in [2.05, 4.69) is 39.6 Å². The summed E-state index contributed by atoms with van der Waals surface area (Å²) < 4.78 is 0. The summed E-state index contributed by atoms with van der Waals surface area (Å²) in [7, 11) is 2.14. The van der Waals surface area contributed by atoms with Gasteiger partial charge in [0.25, 0.3) is 0 Å². The number of nitrogens with zero attached hydrogens (tertiary/aromatic N) is 2. The highest BCUT2D eigenvalue weighted by Gasteiger charge is 2.34. The Kier molecular flexibility index (Phi) is 5.93. The van der Waals surface area contributed by atoms with Gasteiger partial charge in [-0.25, -0.2) is 4.79 Å². The lowest BCUT2D eigenvalue weighted by Crippen LogP contribution is -2.52. The number of carbonyl (C=O) groups is 1. The summed E-state index contributed by atoms with van der Waals surface area (Å²) in [6, 6.07) is 9.85. The Balaban J connectivity index is 1.57. The van der Waals surface area contributed by atoms with E-state index in [-0.39, 0.29) is 12.1 Å². The van der Waals surface area contributed by atoms with Gasteiger partial charge in [0.05, 0.1) is 11.6 Å². The average Bonchev–Trinajstić information content (AvgIpc) is 2.60. The van der Waals surface area contributed by atoms with Crippen LogP contribution in [0.25, 0.3) is 0 Å². The van der Waals surface area contributed by atoms with Gasteiger partial charge in [0.2, 0.25) is 0 Å². The number of amides is 2. The van der Waals surface area contributed by atoms with E-state index in [1.807, 2.05) is 18.2 Å². The van der Waals surface area contributed by atoms with Crippen LogP contribution in [0.2, 0.25) is 0 Å². The largest absolute Gasteiger partial charge is 0.388 e. The zero-order chi connectivity index (χ0) is 17.7. The van der Waals surface area contributed by atoms with Gasteiger partial charge in [0.1, 0.15) is 0 Å². The molecule has 0 radical (unpaired) electrons. The monoisotopic (exact) mass is 346 g/mol. The number of nitrogens with one attached hydrogen (secondary N) is 2. The first-order chi connectivity index (χ1) is 12.0. The van der Waals surface area contributed by atoms with Gasteiger partial charge in [-0.2, -0.15) is 0 Å². The average molecular weight is 346 g/mol. The summed E-state index contributed by atoms with van der Waals surface area (Å²) in [5.74, 6) is 0. The first-order valence-electron chi connectivity index (χ1n) is 9.27. The maximum absolute atomic E-state index is 12.3. The van der Waals surface area contributed by atoms with E-state index in [1.165, 1.54) is 0 Å². The van der Waals surface area contributed by atoms with Crippen LogP contribution in [0, 0.1) is 0 Å². The summed E-state index contributed by atoms with van der Waals surface area (Å²) >= 11 is 0. The molecule has 3 N–H and O–H groups in total. The van der Waals surface area contributed by atoms with E-state index in [1.54, 1.807) is 0 Å². The molecule has 0 bridgehead atoms. The molecular weight excluding hydrogens is 316 g/mol. The smallest absolute Gasteiger partial charge is 0.315 e. The molecule has 25 heavy (non-hydrogen) atoms. The molecule has 2 amide bonds. The second-order valence-electron chi connectivity index (χ2n) is 7.47. The first kappa shape index (κ1) is 18.2. The molecule has 0 spiro atoms. The summed E-state index contributed by atoms with van der Waals surface area (Å²) in [5, 5.41) is 16.1. The van der Waals surface area contributed by atoms with Crippen molar-refractivity contribution >= 4 is 6.03 Å². The Morgan fingerprint density at radius 3 is 2.48 bits per heavy atom. The van der Waals surface area contributed by atoms with Gasteiger partial charge in [-0.15, -0.1) is 0 Å². The Labute approximate surface area is 150 Å². The molecule has 3 rings (SSSR count). The van der Waals surface area contributed by atoms with Crippen molar-refractivity contribution in [2.45, 2.75) is 30.9 Å². The first-order valence-corrected chi connectivity index (χ1v) is 9.27. The van der Waals surface area contributed by atoms with Crippen molar-refractivity contribution in [3.05, 3.63) is 35.9 Å². The lowest BCUT2D eigenvalue weighted by molar-refractivity contribution is -0.0290. The molecule has 1 saturated carbocycles. The van der Waals surface area contributed by atoms with Gasteiger partial charge in [-0.1, -0.05) is 30.3 Å². The standard InChI is InChI=1S/C19H30N4O2/c1-22-10-12-23(13-11-22)14-17(16-6-3-2-4-7-16)21-18(24)20-15-19(25)8-5-9-19/h2-4,6-7,17,25H,5,8-15H2,1H3,(H2,20,21,24)/t17-/m0/s1. The predicted octanol–water partition coefficient (Wildman–Crippen LogP) is 1.19. The Morgan fingerprint density at radius 1 is 1.20 bits per heavy atom. The van der Waals surface area contributed by atoms with Gasteiger partial charge in [0, 0.05) is 39.3 Å². The summed E-state index contributed by atoms with van der Waals surface area (Å²) in [6.07, 6.45) is 2.59.